The standard InChI is InChI=1S/C13H17SSi.Li/c1-5-12-6-8-13(9-7-12)14-10-11-15(2,3)4;/h6-9H,10-11H2,2-4H3;/q-1;+1. The second-order valence-electron chi connectivity index (χ2n) is 4.81. The van der Waals surface area contributed by atoms with Crippen LogP contribution < -0.4 is 18.9 Å². The molecule has 80 valence electrons. The molecule has 0 aliphatic carbocycles. The van der Waals surface area contributed by atoms with Crippen molar-refractivity contribution in [2.75, 3.05) is 5.75 Å². The van der Waals surface area contributed by atoms with Crippen molar-refractivity contribution in [3.05, 3.63) is 36.3 Å². The number of hydrogen-bond donors (Lipinski definition) is 0. The first-order valence-corrected chi connectivity index (χ1v) is 9.86. The molecule has 0 saturated carbocycles. The zero-order chi connectivity index (χ0) is 11.3. The van der Waals surface area contributed by atoms with Crippen LogP contribution in [0, 0.1) is 12.3 Å². The van der Waals surface area contributed by atoms with Crippen molar-refractivity contribution in [3.8, 4) is 5.92 Å². The summed E-state index contributed by atoms with van der Waals surface area (Å²) in [6.07, 6.45) is 6.98. The molecule has 0 aliphatic heterocycles. The number of hydrogen-bond acceptors (Lipinski definition) is 1. The van der Waals surface area contributed by atoms with E-state index in [4.69, 9.17) is 6.42 Å². The van der Waals surface area contributed by atoms with Crippen molar-refractivity contribution in [2.24, 2.45) is 0 Å². The van der Waals surface area contributed by atoms with Crippen molar-refractivity contribution >= 4 is 19.8 Å². The number of thioether (sulfide) groups is 1. The van der Waals surface area contributed by atoms with E-state index in [1.54, 1.807) is 0 Å². The van der Waals surface area contributed by atoms with Gasteiger partial charge in [-0.15, -0.1) is 29.5 Å². The van der Waals surface area contributed by atoms with Crippen molar-refractivity contribution in [2.45, 2.75) is 30.6 Å². The van der Waals surface area contributed by atoms with Crippen LogP contribution in [-0.2, 0) is 0 Å². The minimum atomic E-state index is -0.892. The zero-order valence-corrected chi connectivity index (χ0v) is 12.4. The molecule has 0 unspecified atom stereocenters. The summed E-state index contributed by atoms with van der Waals surface area (Å²) in [5.41, 5.74) is 0.851. The fraction of sp³-hybridized carbons (Fsp3) is 0.385. The van der Waals surface area contributed by atoms with Crippen LogP contribution in [0.1, 0.15) is 5.56 Å². The molecule has 0 atom stereocenters. The molecule has 0 bridgehead atoms. The van der Waals surface area contributed by atoms with Crippen LogP contribution in [0.4, 0.5) is 0 Å². The van der Waals surface area contributed by atoms with Gasteiger partial charge in [-0.05, 0) is 11.8 Å². The van der Waals surface area contributed by atoms with E-state index in [2.05, 4.69) is 37.7 Å². The van der Waals surface area contributed by atoms with E-state index >= 15 is 0 Å². The topological polar surface area (TPSA) is 0 Å². The van der Waals surface area contributed by atoms with Gasteiger partial charge in [0.15, 0.2) is 0 Å². The molecule has 1 aromatic rings. The fourth-order valence-electron chi connectivity index (χ4n) is 1.11. The number of benzene rings is 1. The Morgan fingerprint density at radius 3 is 2.19 bits per heavy atom. The first-order chi connectivity index (χ1) is 7.01. The van der Waals surface area contributed by atoms with Gasteiger partial charge in [-0.3, -0.25) is 5.92 Å². The van der Waals surface area contributed by atoms with Gasteiger partial charge in [-0.25, -0.2) is 0 Å². The maximum absolute atomic E-state index is 6.98. The van der Waals surface area contributed by atoms with Crippen LogP contribution >= 0.6 is 11.8 Å². The van der Waals surface area contributed by atoms with Gasteiger partial charge in [0.2, 0.25) is 0 Å². The summed E-state index contributed by atoms with van der Waals surface area (Å²) in [6, 6.07) is 9.40. The normalized spacial score (nSPS) is 10.4. The van der Waals surface area contributed by atoms with E-state index in [0.717, 1.165) is 5.56 Å². The fourth-order valence-corrected chi connectivity index (χ4v) is 4.53. The summed E-state index contributed by atoms with van der Waals surface area (Å²) < 4.78 is 0. The largest absolute Gasteiger partial charge is 1.00 e. The van der Waals surface area contributed by atoms with Crippen molar-refractivity contribution < 1.29 is 18.9 Å². The average Bonchev–Trinajstić information content (AvgIpc) is 2.17. The maximum Gasteiger partial charge on any atom is 1.00 e. The minimum absolute atomic E-state index is 0. The zero-order valence-electron chi connectivity index (χ0n) is 10.6. The second-order valence-corrected chi connectivity index (χ2v) is 11.6. The molecule has 0 saturated heterocycles. The average molecular weight is 240 g/mol. The van der Waals surface area contributed by atoms with E-state index in [9.17, 15) is 0 Å². The van der Waals surface area contributed by atoms with Gasteiger partial charge in [-0.2, -0.15) is 0 Å². The smallest absolute Gasteiger partial charge is 0.366 e. The molecule has 0 aromatic heterocycles. The minimum Gasteiger partial charge on any atom is -0.366 e. The van der Waals surface area contributed by atoms with Gasteiger partial charge >= 0.3 is 18.9 Å². The van der Waals surface area contributed by atoms with Crippen molar-refractivity contribution in [3.63, 3.8) is 0 Å². The molecule has 1 rings (SSSR count). The van der Waals surface area contributed by atoms with Crippen LogP contribution in [0.3, 0.4) is 0 Å². The summed E-state index contributed by atoms with van der Waals surface area (Å²) >= 11 is 1.91. The maximum atomic E-state index is 6.98. The molecule has 0 fully saturated rings. The molecule has 3 heteroatoms. The molecule has 0 amide bonds. The van der Waals surface area contributed by atoms with Gasteiger partial charge < -0.3 is 6.42 Å². The Hall–Kier alpha value is -0.0557. The third-order valence-electron chi connectivity index (χ3n) is 2.12. The first-order valence-electron chi connectivity index (χ1n) is 5.17. The Morgan fingerprint density at radius 2 is 1.75 bits per heavy atom. The molecule has 0 N–H and O–H groups in total. The SMILES string of the molecule is [C-]#Cc1ccc(SCC[Si](C)(C)C)cc1.[Li+]. The van der Waals surface area contributed by atoms with Gasteiger partial charge in [-0.1, -0.05) is 31.8 Å². The third kappa shape index (κ3) is 6.51. The molecule has 0 aliphatic rings. The summed E-state index contributed by atoms with van der Waals surface area (Å²) in [5, 5.41) is 0. The van der Waals surface area contributed by atoms with Gasteiger partial charge in [0.05, 0.1) is 0 Å². The molecule has 0 radical (unpaired) electrons. The predicted molar refractivity (Wildman–Crippen MR) is 71.6 cm³/mol. The Kier molecular flexibility index (Phi) is 7.28. The van der Waals surface area contributed by atoms with E-state index in [1.807, 2.05) is 23.9 Å². The third-order valence-corrected chi connectivity index (χ3v) is 5.25. The molecule has 16 heavy (non-hydrogen) atoms. The van der Waals surface area contributed by atoms with Crippen LogP contribution in [0.5, 0.6) is 0 Å². The summed E-state index contributed by atoms with van der Waals surface area (Å²) in [4.78, 5) is 1.30. The summed E-state index contributed by atoms with van der Waals surface area (Å²) in [6.45, 7) is 7.21. The summed E-state index contributed by atoms with van der Waals surface area (Å²) in [7, 11) is -0.892. The predicted octanol–water partition coefficient (Wildman–Crippen LogP) is 1.06. The van der Waals surface area contributed by atoms with E-state index in [-0.39, 0.29) is 18.9 Å². The first kappa shape index (κ1) is 15.9. The molecule has 0 heterocycles. The second kappa shape index (κ2) is 7.31. The quantitative estimate of drug-likeness (QED) is 0.328. The van der Waals surface area contributed by atoms with E-state index in [0.29, 0.717) is 0 Å². The Bertz CT molecular complexity index is 346. The molecule has 0 nitrogen and oxygen atoms in total. The molecule has 0 spiro atoms. The van der Waals surface area contributed by atoms with Crippen molar-refractivity contribution in [1.82, 2.24) is 0 Å². The Balaban J connectivity index is 0.00000225. The van der Waals surface area contributed by atoms with Crippen LogP contribution in [0.15, 0.2) is 29.2 Å². The monoisotopic (exact) mass is 240 g/mol. The van der Waals surface area contributed by atoms with Crippen LogP contribution in [-0.4, -0.2) is 13.8 Å². The van der Waals surface area contributed by atoms with Crippen LogP contribution in [0.2, 0.25) is 25.7 Å². The van der Waals surface area contributed by atoms with E-state index in [1.165, 1.54) is 16.7 Å². The van der Waals surface area contributed by atoms with Gasteiger partial charge in [0, 0.05) is 13.0 Å². The molecular formula is C13H17LiSSi. The molecular weight excluding hydrogens is 223 g/mol. The summed E-state index contributed by atoms with van der Waals surface area (Å²) in [5.74, 6) is 3.59. The van der Waals surface area contributed by atoms with Crippen LogP contribution in [0.25, 0.3) is 0 Å². The van der Waals surface area contributed by atoms with E-state index < -0.39 is 8.07 Å². The molecule has 1 aromatic carbocycles. The number of rotatable bonds is 4. The van der Waals surface area contributed by atoms with Crippen molar-refractivity contribution in [1.29, 1.82) is 0 Å². The Labute approximate surface area is 117 Å². The van der Waals surface area contributed by atoms with Gasteiger partial charge in [0.25, 0.3) is 0 Å². The van der Waals surface area contributed by atoms with Gasteiger partial charge in [0.1, 0.15) is 0 Å². The Morgan fingerprint density at radius 1 is 1.19 bits per heavy atom.